The van der Waals surface area contributed by atoms with E-state index in [9.17, 15) is 0 Å². The van der Waals surface area contributed by atoms with Gasteiger partial charge in [0.25, 0.3) is 0 Å². The minimum atomic E-state index is 0.770. The maximum atomic E-state index is 4.83. The molecule has 1 aliphatic heterocycles. The Bertz CT molecular complexity index is 420. The van der Waals surface area contributed by atoms with Gasteiger partial charge in [-0.3, -0.25) is 0 Å². The maximum absolute atomic E-state index is 4.83. The fraction of sp³-hybridized carbons (Fsp3) is 0.706. The minimum Gasteiger partial charge on any atom is -0.356 e. The zero-order valence-electron chi connectivity index (χ0n) is 13.4. The second-order valence-electron chi connectivity index (χ2n) is 6.44. The molecule has 1 N–H and O–H groups in total. The van der Waals surface area contributed by atoms with E-state index in [4.69, 9.17) is 4.98 Å². The summed E-state index contributed by atoms with van der Waals surface area (Å²) in [4.78, 5) is 7.28. The highest BCUT2D eigenvalue weighted by molar-refractivity contribution is 5.42. The van der Waals surface area contributed by atoms with Gasteiger partial charge in [0.1, 0.15) is 5.82 Å². The van der Waals surface area contributed by atoms with Crippen LogP contribution in [0.25, 0.3) is 0 Å². The van der Waals surface area contributed by atoms with Gasteiger partial charge in [0.15, 0.2) is 0 Å². The molecule has 0 aliphatic carbocycles. The predicted octanol–water partition coefficient (Wildman–Crippen LogP) is 3.37. The van der Waals surface area contributed by atoms with Crippen LogP contribution in [0.4, 0.5) is 5.82 Å². The van der Waals surface area contributed by atoms with Crippen molar-refractivity contribution >= 4 is 5.82 Å². The molecular weight excluding hydrogens is 246 g/mol. The number of hydrogen-bond acceptors (Lipinski definition) is 3. The molecule has 1 saturated heterocycles. The van der Waals surface area contributed by atoms with Gasteiger partial charge in [0, 0.05) is 25.3 Å². The van der Waals surface area contributed by atoms with E-state index in [2.05, 4.69) is 50.0 Å². The topological polar surface area (TPSA) is 28.2 Å². The quantitative estimate of drug-likeness (QED) is 0.835. The Kier molecular flexibility index (Phi) is 5.41. The summed E-state index contributed by atoms with van der Waals surface area (Å²) in [7, 11) is 0. The molecule has 112 valence electrons. The standard InChI is InChI=1S/C17H29N3/c1-5-8-18-10-16-6-7-17(19-15(16)4)20-11-13(2)9-14(3)12-20/h6-7,13-14,18H,5,8-12H2,1-4H3. The van der Waals surface area contributed by atoms with E-state index in [0.29, 0.717) is 0 Å². The highest BCUT2D eigenvalue weighted by atomic mass is 15.2. The smallest absolute Gasteiger partial charge is 0.128 e. The first kappa shape index (κ1) is 15.3. The summed E-state index contributed by atoms with van der Waals surface area (Å²) < 4.78 is 0. The molecule has 3 nitrogen and oxygen atoms in total. The Labute approximate surface area is 123 Å². The molecule has 20 heavy (non-hydrogen) atoms. The van der Waals surface area contributed by atoms with Gasteiger partial charge in [-0.1, -0.05) is 26.8 Å². The van der Waals surface area contributed by atoms with Gasteiger partial charge in [-0.05, 0) is 49.8 Å². The molecule has 1 aromatic rings. The van der Waals surface area contributed by atoms with E-state index in [1.807, 2.05) is 0 Å². The number of rotatable bonds is 5. The number of anilines is 1. The third-order valence-corrected chi connectivity index (χ3v) is 4.12. The van der Waals surface area contributed by atoms with E-state index >= 15 is 0 Å². The van der Waals surface area contributed by atoms with Crippen LogP contribution >= 0.6 is 0 Å². The van der Waals surface area contributed by atoms with Crippen molar-refractivity contribution in [3.63, 3.8) is 0 Å². The molecule has 0 bridgehead atoms. The van der Waals surface area contributed by atoms with E-state index < -0.39 is 0 Å². The normalized spacial score (nSPS) is 23.1. The van der Waals surface area contributed by atoms with Gasteiger partial charge in [-0.25, -0.2) is 4.98 Å². The SMILES string of the molecule is CCCNCc1ccc(N2CC(C)CC(C)C2)nc1C. The lowest BCUT2D eigenvalue weighted by molar-refractivity contribution is 0.355. The molecule has 0 spiro atoms. The summed E-state index contributed by atoms with van der Waals surface area (Å²) in [6.07, 6.45) is 2.52. The second-order valence-corrected chi connectivity index (χ2v) is 6.44. The molecule has 0 radical (unpaired) electrons. The molecule has 2 atom stereocenters. The molecule has 2 unspecified atom stereocenters. The zero-order chi connectivity index (χ0) is 14.5. The summed E-state index contributed by atoms with van der Waals surface area (Å²) >= 11 is 0. The van der Waals surface area contributed by atoms with Crippen LogP contribution in [0, 0.1) is 18.8 Å². The molecule has 1 aromatic heterocycles. The Balaban J connectivity index is 2.04. The molecule has 0 saturated carbocycles. The first-order chi connectivity index (χ1) is 9.60. The van der Waals surface area contributed by atoms with Crippen molar-refractivity contribution in [3.8, 4) is 0 Å². The summed E-state index contributed by atoms with van der Waals surface area (Å²) in [5.74, 6) is 2.69. The van der Waals surface area contributed by atoms with Crippen LogP contribution in [0.5, 0.6) is 0 Å². The van der Waals surface area contributed by atoms with E-state index in [1.165, 1.54) is 18.4 Å². The van der Waals surface area contributed by atoms with Crippen LogP contribution in [0.3, 0.4) is 0 Å². The van der Waals surface area contributed by atoms with Crippen LogP contribution < -0.4 is 10.2 Å². The number of aryl methyl sites for hydroxylation is 1. The number of aromatic nitrogens is 1. The van der Waals surface area contributed by atoms with Crippen molar-refractivity contribution in [1.82, 2.24) is 10.3 Å². The molecule has 1 fully saturated rings. The van der Waals surface area contributed by atoms with Gasteiger partial charge < -0.3 is 10.2 Å². The molecule has 0 aromatic carbocycles. The van der Waals surface area contributed by atoms with Gasteiger partial charge in [0.05, 0.1) is 0 Å². The molecule has 2 rings (SSSR count). The Morgan fingerprint density at radius 3 is 2.55 bits per heavy atom. The van der Waals surface area contributed by atoms with Crippen LogP contribution in [0.1, 0.15) is 44.9 Å². The molecule has 0 amide bonds. The third-order valence-electron chi connectivity index (χ3n) is 4.12. The minimum absolute atomic E-state index is 0.770. The zero-order valence-corrected chi connectivity index (χ0v) is 13.4. The summed E-state index contributed by atoms with van der Waals surface area (Å²) in [6.45, 7) is 13.3. The largest absolute Gasteiger partial charge is 0.356 e. The summed E-state index contributed by atoms with van der Waals surface area (Å²) in [5, 5.41) is 3.45. The van der Waals surface area contributed by atoms with Gasteiger partial charge in [-0.15, -0.1) is 0 Å². The van der Waals surface area contributed by atoms with Crippen molar-refractivity contribution in [1.29, 1.82) is 0 Å². The lowest BCUT2D eigenvalue weighted by Crippen LogP contribution is -2.39. The van der Waals surface area contributed by atoms with Crippen molar-refractivity contribution in [3.05, 3.63) is 23.4 Å². The Hall–Kier alpha value is -1.09. The number of nitrogens with zero attached hydrogens (tertiary/aromatic N) is 2. The Morgan fingerprint density at radius 1 is 1.25 bits per heavy atom. The average molecular weight is 275 g/mol. The first-order valence-electron chi connectivity index (χ1n) is 8.02. The number of nitrogens with one attached hydrogen (secondary N) is 1. The van der Waals surface area contributed by atoms with Crippen LogP contribution in [0.15, 0.2) is 12.1 Å². The van der Waals surface area contributed by atoms with Crippen LogP contribution in [0.2, 0.25) is 0 Å². The van der Waals surface area contributed by atoms with Crippen LogP contribution in [-0.2, 0) is 6.54 Å². The Morgan fingerprint density at radius 2 is 1.95 bits per heavy atom. The van der Waals surface area contributed by atoms with Crippen molar-refractivity contribution in [2.45, 2.75) is 47.1 Å². The van der Waals surface area contributed by atoms with Crippen molar-refractivity contribution in [2.24, 2.45) is 11.8 Å². The lowest BCUT2D eigenvalue weighted by atomic mass is 9.92. The predicted molar refractivity (Wildman–Crippen MR) is 86.1 cm³/mol. The van der Waals surface area contributed by atoms with E-state index in [0.717, 1.165) is 49.5 Å². The van der Waals surface area contributed by atoms with E-state index in [1.54, 1.807) is 0 Å². The van der Waals surface area contributed by atoms with Crippen molar-refractivity contribution in [2.75, 3.05) is 24.5 Å². The third kappa shape index (κ3) is 3.95. The molecule has 2 heterocycles. The maximum Gasteiger partial charge on any atom is 0.128 e. The monoisotopic (exact) mass is 275 g/mol. The van der Waals surface area contributed by atoms with E-state index in [-0.39, 0.29) is 0 Å². The summed E-state index contributed by atoms with van der Waals surface area (Å²) in [6, 6.07) is 4.44. The van der Waals surface area contributed by atoms with Gasteiger partial charge >= 0.3 is 0 Å². The van der Waals surface area contributed by atoms with Gasteiger partial charge in [-0.2, -0.15) is 0 Å². The fourth-order valence-electron chi connectivity index (χ4n) is 3.19. The number of pyridine rings is 1. The van der Waals surface area contributed by atoms with Crippen LogP contribution in [-0.4, -0.2) is 24.6 Å². The second kappa shape index (κ2) is 7.07. The molecular formula is C17H29N3. The fourth-order valence-corrected chi connectivity index (χ4v) is 3.19. The number of piperidine rings is 1. The number of hydrogen-bond donors (Lipinski definition) is 1. The first-order valence-corrected chi connectivity index (χ1v) is 8.02. The highest BCUT2D eigenvalue weighted by Gasteiger charge is 2.22. The molecule has 3 heteroatoms. The summed E-state index contributed by atoms with van der Waals surface area (Å²) in [5.41, 5.74) is 2.48. The molecule has 1 aliphatic rings. The van der Waals surface area contributed by atoms with Gasteiger partial charge in [0.2, 0.25) is 0 Å². The lowest BCUT2D eigenvalue weighted by Gasteiger charge is -2.36. The highest BCUT2D eigenvalue weighted by Crippen LogP contribution is 2.25. The average Bonchev–Trinajstić information content (AvgIpc) is 2.39. The van der Waals surface area contributed by atoms with Crippen molar-refractivity contribution < 1.29 is 0 Å².